The van der Waals surface area contributed by atoms with E-state index in [1.165, 1.54) is 69.9 Å². The number of carbonyl (C=O) groups is 1. The minimum absolute atomic E-state index is 0.186. The molecule has 9 heteroatoms. The zero-order chi connectivity index (χ0) is 27.6. The molecule has 0 radical (unpaired) electrons. The second-order valence-electron chi connectivity index (χ2n) is 10.4. The van der Waals surface area contributed by atoms with E-state index in [0.717, 1.165) is 19.3 Å². The fraction of sp³-hybridized carbons (Fsp3) is 0.893. The molecule has 37 heavy (non-hydrogen) atoms. The van der Waals surface area contributed by atoms with Crippen LogP contribution in [0.3, 0.4) is 0 Å². The summed E-state index contributed by atoms with van der Waals surface area (Å²) in [5, 5.41) is 63.4. The van der Waals surface area contributed by atoms with Crippen LogP contribution in [0, 0.1) is 0 Å². The molecule has 1 saturated heterocycles. The molecule has 0 aliphatic carbocycles. The topological polar surface area (TPSA) is 160 Å². The molecule has 1 aliphatic heterocycles. The van der Waals surface area contributed by atoms with Crippen LogP contribution in [0.15, 0.2) is 12.2 Å². The van der Waals surface area contributed by atoms with Gasteiger partial charge in [0.1, 0.15) is 36.6 Å². The molecular formula is C28H53NO8. The SMILES string of the molecule is CCCCCCCCCCCCCC[C@@H](O)[C@@H](O)[C@H](/C=C/[C@@H]1OC(CO)[C@H](O)[C@H](O)C1O)NC(=O)CC. The molecule has 1 aliphatic rings. The van der Waals surface area contributed by atoms with Crippen LogP contribution in [0.1, 0.15) is 104 Å². The molecular weight excluding hydrogens is 478 g/mol. The van der Waals surface area contributed by atoms with Gasteiger partial charge in [0.2, 0.25) is 5.91 Å². The largest absolute Gasteiger partial charge is 0.394 e. The third kappa shape index (κ3) is 13.0. The molecule has 9 nitrogen and oxygen atoms in total. The summed E-state index contributed by atoms with van der Waals surface area (Å²) in [7, 11) is 0. The number of unbranched alkanes of at least 4 members (excludes halogenated alkanes) is 11. The monoisotopic (exact) mass is 531 g/mol. The van der Waals surface area contributed by atoms with E-state index < -0.39 is 55.4 Å². The summed E-state index contributed by atoms with van der Waals surface area (Å²) in [4.78, 5) is 12.0. The molecule has 2 unspecified atom stereocenters. The van der Waals surface area contributed by atoms with Crippen LogP contribution in [0.2, 0.25) is 0 Å². The number of hydrogen-bond donors (Lipinski definition) is 7. The Balaban J connectivity index is 2.46. The van der Waals surface area contributed by atoms with E-state index in [4.69, 9.17) is 4.74 Å². The Bertz CT molecular complexity index is 617. The lowest BCUT2D eigenvalue weighted by atomic mass is 9.93. The number of ether oxygens (including phenoxy) is 1. The Morgan fingerprint density at radius 1 is 0.838 bits per heavy atom. The highest BCUT2D eigenvalue weighted by atomic mass is 16.5. The summed E-state index contributed by atoms with van der Waals surface area (Å²) < 4.78 is 5.45. The Labute approximate surface area is 222 Å². The molecule has 0 spiro atoms. The Kier molecular flexibility index (Phi) is 18.3. The van der Waals surface area contributed by atoms with Crippen molar-refractivity contribution in [2.45, 2.75) is 153 Å². The zero-order valence-corrected chi connectivity index (χ0v) is 22.9. The lowest BCUT2D eigenvalue weighted by Crippen LogP contribution is -2.58. The van der Waals surface area contributed by atoms with E-state index >= 15 is 0 Å². The molecule has 1 heterocycles. The molecule has 0 aromatic carbocycles. The molecule has 0 aromatic rings. The molecule has 1 fully saturated rings. The van der Waals surface area contributed by atoms with Crippen molar-refractivity contribution in [2.75, 3.05) is 6.61 Å². The van der Waals surface area contributed by atoms with Gasteiger partial charge in [0.05, 0.1) is 18.8 Å². The molecule has 8 atom stereocenters. The normalized spacial score (nSPS) is 26.8. The van der Waals surface area contributed by atoms with Gasteiger partial charge in [0, 0.05) is 6.42 Å². The fourth-order valence-corrected chi connectivity index (χ4v) is 4.66. The number of hydrogen-bond acceptors (Lipinski definition) is 8. The molecule has 0 bridgehead atoms. The van der Waals surface area contributed by atoms with Crippen LogP contribution in [-0.4, -0.2) is 91.9 Å². The number of aliphatic hydroxyl groups excluding tert-OH is 6. The van der Waals surface area contributed by atoms with Gasteiger partial charge in [-0.05, 0) is 6.42 Å². The highest BCUT2D eigenvalue weighted by molar-refractivity contribution is 5.76. The fourth-order valence-electron chi connectivity index (χ4n) is 4.66. The summed E-state index contributed by atoms with van der Waals surface area (Å²) in [6, 6.07) is -0.938. The summed E-state index contributed by atoms with van der Waals surface area (Å²) in [5.41, 5.74) is 0. The standard InChI is InChI=1S/C28H53NO8/c1-3-5-6-7-8-9-10-11-12-13-14-15-16-21(31)25(33)20(29-24(32)4-2)17-18-22-26(34)28(36)27(35)23(19-30)37-22/h17-18,20-23,25-28,30-31,33-36H,3-16,19H2,1-2H3,(H,29,32)/b18-17+/t20-,21+,22-,23?,25-,26?,27-,28+/m0/s1. The summed E-state index contributed by atoms with van der Waals surface area (Å²) in [6.07, 6.45) is 8.86. The molecule has 218 valence electrons. The summed E-state index contributed by atoms with van der Waals surface area (Å²) in [6.45, 7) is 3.35. The second kappa shape index (κ2) is 19.9. The third-order valence-corrected chi connectivity index (χ3v) is 7.20. The van der Waals surface area contributed by atoms with Crippen molar-refractivity contribution in [1.82, 2.24) is 5.32 Å². The zero-order valence-electron chi connectivity index (χ0n) is 22.9. The lowest BCUT2D eigenvalue weighted by molar-refractivity contribution is -0.216. The van der Waals surface area contributed by atoms with Crippen LogP contribution in [-0.2, 0) is 9.53 Å². The maximum atomic E-state index is 12.0. The van der Waals surface area contributed by atoms with Crippen molar-refractivity contribution in [1.29, 1.82) is 0 Å². The third-order valence-electron chi connectivity index (χ3n) is 7.20. The highest BCUT2D eigenvalue weighted by Crippen LogP contribution is 2.22. The molecule has 0 aromatic heterocycles. The average Bonchev–Trinajstić information content (AvgIpc) is 2.90. The van der Waals surface area contributed by atoms with E-state index in [0.29, 0.717) is 6.42 Å². The Morgan fingerprint density at radius 2 is 1.38 bits per heavy atom. The molecule has 1 amide bonds. The van der Waals surface area contributed by atoms with E-state index in [9.17, 15) is 35.4 Å². The number of aliphatic hydroxyl groups is 6. The van der Waals surface area contributed by atoms with Crippen molar-refractivity contribution in [2.24, 2.45) is 0 Å². The number of carbonyl (C=O) groups excluding carboxylic acids is 1. The minimum Gasteiger partial charge on any atom is -0.394 e. The van der Waals surface area contributed by atoms with E-state index in [-0.39, 0.29) is 12.3 Å². The number of amides is 1. The Hall–Kier alpha value is -1.07. The first-order valence-electron chi connectivity index (χ1n) is 14.4. The van der Waals surface area contributed by atoms with E-state index in [1.54, 1.807) is 6.92 Å². The van der Waals surface area contributed by atoms with Gasteiger partial charge in [0.25, 0.3) is 0 Å². The first-order chi connectivity index (χ1) is 17.8. The first-order valence-corrected chi connectivity index (χ1v) is 14.4. The van der Waals surface area contributed by atoms with Crippen molar-refractivity contribution >= 4 is 5.91 Å². The van der Waals surface area contributed by atoms with Gasteiger partial charge in [0.15, 0.2) is 0 Å². The first kappa shape index (κ1) is 34.0. The van der Waals surface area contributed by atoms with E-state index in [2.05, 4.69) is 12.2 Å². The van der Waals surface area contributed by atoms with Gasteiger partial charge < -0.3 is 40.7 Å². The van der Waals surface area contributed by atoms with Crippen LogP contribution in [0.5, 0.6) is 0 Å². The number of rotatable bonds is 20. The minimum atomic E-state index is -1.52. The molecule has 7 N–H and O–H groups in total. The van der Waals surface area contributed by atoms with Crippen molar-refractivity contribution < 1.29 is 40.2 Å². The summed E-state index contributed by atoms with van der Waals surface area (Å²) >= 11 is 0. The van der Waals surface area contributed by atoms with Gasteiger partial charge in [-0.3, -0.25) is 4.79 Å². The second-order valence-corrected chi connectivity index (χ2v) is 10.4. The number of nitrogens with one attached hydrogen (secondary N) is 1. The van der Waals surface area contributed by atoms with Gasteiger partial charge in [-0.25, -0.2) is 0 Å². The smallest absolute Gasteiger partial charge is 0.220 e. The van der Waals surface area contributed by atoms with Gasteiger partial charge in [-0.2, -0.15) is 0 Å². The van der Waals surface area contributed by atoms with Crippen molar-refractivity contribution in [3.05, 3.63) is 12.2 Å². The van der Waals surface area contributed by atoms with Gasteiger partial charge >= 0.3 is 0 Å². The van der Waals surface area contributed by atoms with Crippen LogP contribution in [0.25, 0.3) is 0 Å². The predicted molar refractivity (Wildman–Crippen MR) is 143 cm³/mol. The van der Waals surface area contributed by atoms with Crippen molar-refractivity contribution in [3.8, 4) is 0 Å². The van der Waals surface area contributed by atoms with Gasteiger partial charge in [-0.1, -0.05) is 103 Å². The average molecular weight is 532 g/mol. The van der Waals surface area contributed by atoms with Crippen LogP contribution in [0.4, 0.5) is 0 Å². The van der Waals surface area contributed by atoms with Crippen molar-refractivity contribution in [3.63, 3.8) is 0 Å². The summed E-state index contributed by atoms with van der Waals surface area (Å²) in [5.74, 6) is -0.319. The highest BCUT2D eigenvalue weighted by Gasteiger charge is 2.42. The lowest BCUT2D eigenvalue weighted by Gasteiger charge is -2.39. The predicted octanol–water partition coefficient (Wildman–Crippen LogP) is 2.09. The molecule has 1 rings (SSSR count). The quantitative estimate of drug-likeness (QED) is 0.0929. The maximum absolute atomic E-state index is 12.0. The molecule has 0 saturated carbocycles. The maximum Gasteiger partial charge on any atom is 0.220 e. The van der Waals surface area contributed by atoms with E-state index in [1.807, 2.05) is 0 Å². The Morgan fingerprint density at radius 3 is 1.89 bits per heavy atom. The van der Waals surface area contributed by atoms with Crippen LogP contribution < -0.4 is 5.32 Å². The van der Waals surface area contributed by atoms with Crippen LogP contribution >= 0.6 is 0 Å². The van der Waals surface area contributed by atoms with Gasteiger partial charge in [-0.15, -0.1) is 0 Å².